The van der Waals surface area contributed by atoms with E-state index in [1.165, 1.54) is 17.7 Å². The van der Waals surface area contributed by atoms with Crippen molar-refractivity contribution in [2.45, 2.75) is 38.3 Å². The third kappa shape index (κ3) is 7.73. The molecular formula is C30H27ClF4N6O4S. The van der Waals surface area contributed by atoms with Gasteiger partial charge in [0.2, 0.25) is 0 Å². The van der Waals surface area contributed by atoms with E-state index in [4.69, 9.17) is 31.3 Å². The summed E-state index contributed by atoms with van der Waals surface area (Å²) in [4.78, 5) is 20.0. The quantitative estimate of drug-likeness (QED) is 0.139. The van der Waals surface area contributed by atoms with Crippen molar-refractivity contribution in [3.63, 3.8) is 0 Å². The summed E-state index contributed by atoms with van der Waals surface area (Å²) in [6.45, 7) is 1.15. The highest BCUT2D eigenvalue weighted by molar-refractivity contribution is 7.22. The van der Waals surface area contributed by atoms with Crippen molar-refractivity contribution in [2.75, 3.05) is 18.9 Å². The summed E-state index contributed by atoms with van der Waals surface area (Å²) >= 11 is 8.15. The van der Waals surface area contributed by atoms with E-state index in [9.17, 15) is 22.7 Å². The molecule has 0 aliphatic heterocycles. The Bertz CT molecular complexity index is 1870. The Hall–Kier alpha value is -4.31. The maximum Gasteiger partial charge on any atom is 0.490 e. The van der Waals surface area contributed by atoms with Crippen molar-refractivity contribution in [3.8, 4) is 16.2 Å². The third-order valence-electron chi connectivity index (χ3n) is 6.84. The summed E-state index contributed by atoms with van der Waals surface area (Å²) < 4.78 is 52.8. The van der Waals surface area contributed by atoms with Gasteiger partial charge in [-0.1, -0.05) is 23.7 Å². The Balaban J connectivity index is 0.000000537. The second-order valence-electron chi connectivity index (χ2n) is 10.2. The molecule has 10 nitrogen and oxygen atoms in total. The number of nitrogens with zero attached hydrogens (tertiary/aromatic N) is 4. The molecule has 6 rings (SSSR count). The summed E-state index contributed by atoms with van der Waals surface area (Å²) in [6, 6.07) is 11.7. The second kappa shape index (κ2) is 14.0. The zero-order valence-electron chi connectivity index (χ0n) is 24.1. The summed E-state index contributed by atoms with van der Waals surface area (Å²) in [5.74, 6) is -1.84. The summed E-state index contributed by atoms with van der Waals surface area (Å²) in [7, 11) is 1.82. The average molecular weight is 679 g/mol. The summed E-state index contributed by atoms with van der Waals surface area (Å²) in [5.41, 5.74) is 4.81. The van der Waals surface area contributed by atoms with Crippen molar-refractivity contribution in [2.24, 2.45) is 0 Å². The number of hydrogen-bond donors (Lipinski definition) is 4. The first kappa shape index (κ1) is 33.1. The molecule has 0 amide bonds. The first-order valence-electron chi connectivity index (χ1n) is 13.8. The van der Waals surface area contributed by atoms with Gasteiger partial charge >= 0.3 is 12.1 Å². The molecule has 0 radical (unpaired) electrons. The van der Waals surface area contributed by atoms with Gasteiger partial charge in [-0.05, 0) is 61.3 Å². The molecule has 3 aromatic heterocycles. The molecule has 0 fully saturated rings. The number of fused-ring (bicyclic) bond motifs is 5. The number of benzene rings is 2. The predicted octanol–water partition coefficient (Wildman–Crippen LogP) is 5.98. The van der Waals surface area contributed by atoms with E-state index in [2.05, 4.69) is 20.6 Å². The maximum atomic E-state index is 13.5. The standard InChI is InChI=1S/C28H26ClFN6O2S.C2HF3O2/c1-31-11-19(37)12-36-13-21-23(35-36)7-6-20-25-27(32-15-33-28(25)39-26(20)21)34-18-5-8-24(22(29)10-18)38-14-16-3-2-4-17(30)9-16;3-2(4,5)1(6)7/h2-5,8-10,13,15,19,31,37H,6-7,11-12,14H2,1H3,(H,32,33,34);(H,6,7)/t19-;/m1./s1. The SMILES string of the molecule is CNC[C@@H](O)Cn1cc2c(n1)CCc1c-2sc2ncnc(Nc3ccc(OCc4cccc(F)c4)c(Cl)c3)c12.O=C(O)C(F)(F)F. The molecule has 3 heterocycles. The molecule has 242 valence electrons. The molecule has 0 spiro atoms. The number of rotatable bonds is 9. The zero-order valence-corrected chi connectivity index (χ0v) is 25.7. The first-order chi connectivity index (χ1) is 21.9. The number of anilines is 2. The molecule has 16 heteroatoms. The molecule has 0 saturated carbocycles. The first-order valence-corrected chi connectivity index (χ1v) is 15.0. The van der Waals surface area contributed by atoms with Crippen LogP contribution in [0.2, 0.25) is 5.02 Å². The minimum Gasteiger partial charge on any atom is -0.487 e. The van der Waals surface area contributed by atoms with E-state index < -0.39 is 18.2 Å². The molecule has 1 aliphatic carbocycles. The van der Waals surface area contributed by atoms with Gasteiger partial charge in [-0.15, -0.1) is 11.3 Å². The number of carboxylic acids is 1. The number of aryl methyl sites for hydroxylation is 2. The number of aliphatic hydroxyl groups is 1. The van der Waals surface area contributed by atoms with E-state index in [0.717, 1.165) is 50.4 Å². The number of nitrogens with one attached hydrogen (secondary N) is 2. The Labute approximate surface area is 268 Å². The van der Waals surface area contributed by atoms with Crippen LogP contribution in [0.1, 0.15) is 16.8 Å². The van der Waals surface area contributed by atoms with Crippen LogP contribution in [0.25, 0.3) is 20.7 Å². The summed E-state index contributed by atoms with van der Waals surface area (Å²) in [5, 5.41) is 29.9. The lowest BCUT2D eigenvalue weighted by molar-refractivity contribution is -0.192. The van der Waals surface area contributed by atoms with Crippen LogP contribution in [-0.4, -0.2) is 61.8 Å². The van der Waals surface area contributed by atoms with Crippen LogP contribution in [0.15, 0.2) is 55.0 Å². The van der Waals surface area contributed by atoms with Crippen LogP contribution in [0, 0.1) is 5.82 Å². The van der Waals surface area contributed by atoms with Gasteiger partial charge < -0.3 is 25.6 Å². The van der Waals surface area contributed by atoms with Gasteiger partial charge in [0.05, 0.1) is 28.8 Å². The monoisotopic (exact) mass is 678 g/mol. The van der Waals surface area contributed by atoms with E-state index in [1.807, 2.05) is 24.0 Å². The van der Waals surface area contributed by atoms with Crippen molar-refractivity contribution < 1.29 is 37.3 Å². The summed E-state index contributed by atoms with van der Waals surface area (Å²) in [6.07, 6.45) is -0.382. The lowest BCUT2D eigenvalue weighted by atomic mass is 9.95. The fourth-order valence-corrected chi connectivity index (χ4v) is 6.31. The molecular weight excluding hydrogens is 652 g/mol. The van der Waals surface area contributed by atoms with Crippen molar-refractivity contribution in [1.82, 2.24) is 25.1 Å². The Morgan fingerprint density at radius 3 is 2.67 bits per heavy atom. The highest BCUT2D eigenvalue weighted by Gasteiger charge is 2.38. The van der Waals surface area contributed by atoms with Gasteiger partial charge in [-0.3, -0.25) is 4.68 Å². The van der Waals surface area contributed by atoms with Gasteiger partial charge in [-0.25, -0.2) is 19.2 Å². The lowest BCUT2D eigenvalue weighted by Crippen LogP contribution is -2.28. The number of ether oxygens (including phenoxy) is 1. The predicted molar refractivity (Wildman–Crippen MR) is 165 cm³/mol. The molecule has 0 saturated heterocycles. The smallest absolute Gasteiger partial charge is 0.487 e. The molecule has 4 N–H and O–H groups in total. The van der Waals surface area contributed by atoms with E-state index in [1.54, 1.807) is 41.9 Å². The van der Waals surface area contributed by atoms with Crippen LogP contribution in [0.5, 0.6) is 5.75 Å². The number of aliphatic hydroxyl groups excluding tert-OH is 1. The fourth-order valence-electron chi connectivity index (χ4n) is 4.85. The topological polar surface area (TPSA) is 134 Å². The van der Waals surface area contributed by atoms with Gasteiger partial charge in [0.1, 0.15) is 35.1 Å². The highest BCUT2D eigenvalue weighted by atomic mass is 35.5. The van der Waals surface area contributed by atoms with Crippen LogP contribution in [0.3, 0.4) is 0 Å². The maximum absolute atomic E-state index is 13.5. The number of aliphatic carboxylic acids is 1. The fraction of sp³-hybridized carbons (Fsp3) is 0.267. The van der Waals surface area contributed by atoms with E-state index >= 15 is 0 Å². The van der Waals surface area contributed by atoms with Crippen LogP contribution in [-0.2, 0) is 30.8 Å². The minimum absolute atomic E-state index is 0.213. The van der Waals surface area contributed by atoms with Gasteiger partial charge in [-0.2, -0.15) is 18.3 Å². The number of carbonyl (C=O) groups is 1. The van der Waals surface area contributed by atoms with Gasteiger partial charge in [0.15, 0.2) is 0 Å². The Morgan fingerprint density at radius 1 is 1.20 bits per heavy atom. The number of likely N-dealkylation sites (N-methyl/N-ethyl adjacent to an activating group) is 1. The molecule has 46 heavy (non-hydrogen) atoms. The normalized spacial score (nSPS) is 12.9. The molecule has 5 aromatic rings. The molecule has 0 bridgehead atoms. The second-order valence-corrected chi connectivity index (χ2v) is 11.6. The molecule has 1 aliphatic rings. The molecule has 2 aromatic carbocycles. The van der Waals surface area contributed by atoms with Gasteiger partial charge in [0.25, 0.3) is 0 Å². The van der Waals surface area contributed by atoms with Crippen LogP contribution < -0.4 is 15.4 Å². The van der Waals surface area contributed by atoms with Crippen LogP contribution in [0.4, 0.5) is 29.1 Å². The zero-order chi connectivity index (χ0) is 33.0. The van der Waals surface area contributed by atoms with Crippen molar-refractivity contribution in [3.05, 3.63) is 82.6 Å². The Kier molecular flexibility index (Phi) is 10.1. The van der Waals surface area contributed by atoms with Crippen molar-refractivity contribution in [1.29, 1.82) is 0 Å². The molecule has 0 unspecified atom stereocenters. The van der Waals surface area contributed by atoms with E-state index in [0.29, 0.717) is 29.7 Å². The average Bonchev–Trinajstić information content (AvgIpc) is 3.58. The van der Waals surface area contributed by atoms with Crippen molar-refractivity contribution >= 4 is 50.6 Å². The third-order valence-corrected chi connectivity index (χ3v) is 8.31. The molecule has 1 atom stereocenters. The number of hydrogen-bond acceptors (Lipinski definition) is 9. The highest BCUT2D eigenvalue weighted by Crippen LogP contribution is 2.45. The number of alkyl halides is 3. The number of thiophene rings is 1. The number of aromatic nitrogens is 4. The van der Waals surface area contributed by atoms with Gasteiger partial charge in [0, 0.05) is 28.9 Å². The largest absolute Gasteiger partial charge is 0.490 e. The minimum atomic E-state index is -5.08. The number of halogens is 5. The van der Waals surface area contributed by atoms with E-state index in [-0.39, 0.29) is 12.4 Å². The van der Waals surface area contributed by atoms with Crippen LogP contribution >= 0.6 is 22.9 Å². The number of carboxylic acid groups (broad SMARTS) is 1. The lowest BCUT2D eigenvalue weighted by Gasteiger charge is -2.13. The Morgan fingerprint density at radius 2 is 1.98 bits per heavy atom.